The second-order valence-corrected chi connectivity index (χ2v) is 6.50. The van der Waals surface area contributed by atoms with Gasteiger partial charge in [-0.05, 0) is 30.4 Å². The molecule has 3 heteroatoms. The van der Waals surface area contributed by atoms with Crippen LogP contribution in [0.5, 0.6) is 0 Å². The Hall–Kier alpha value is -0.570. The smallest absolute Gasteiger partial charge is 0.0494 e. The maximum atomic E-state index is 9.21. The third kappa shape index (κ3) is 3.25. The molecule has 1 aliphatic rings. The number of hydrogen-bond donors (Lipinski definition) is 2. The largest absolute Gasteiger partial charge is 0.396 e. The Morgan fingerprint density at radius 3 is 2.61 bits per heavy atom. The molecule has 0 aromatic heterocycles. The minimum atomic E-state index is -0.0323. The first-order valence-electron chi connectivity index (χ1n) is 6.60. The van der Waals surface area contributed by atoms with E-state index in [1.807, 2.05) is 12.1 Å². The van der Waals surface area contributed by atoms with Crippen LogP contribution in [-0.4, -0.2) is 24.3 Å². The molecule has 0 atom stereocenters. The van der Waals surface area contributed by atoms with Crippen LogP contribution in [0.1, 0.15) is 38.2 Å². The van der Waals surface area contributed by atoms with E-state index in [4.69, 9.17) is 11.6 Å². The van der Waals surface area contributed by atoms with E-state index < -0.39 is 0 Å². The zero-order chi connectivity index (χ0) is 13.2. The first kappa shape index (κ1) is 13.9. The fourth-order valence-electron chi connectivity index (χ4n) is 2.32. The van der Waals surface area contributed by atoms with Gasteiger partial charge in [-0.15, -0.1) is 0 Å². The van der Waals surface area contributed by atoms with Gasteiger partial charge in [0.05, 0.1) is 0 Å². The summed E-state index contributed by atoms with van der Waals surface area (Å²) in [5.74, 6) is 0.591. The van der Waals surface area contributed by atoms with Crippen LogP contribution in [0, 0.1) is 5.41 Å². The standard InChI is InChI=1S/C15H22ClNO/c1-15(2,10-18)9-17-12-7-11(8-12)13-5-3-4-6-14(13)16/h3-6,11-12,17-18H,7-10H2,1-2H3. The topological polar surface area (TPSA) is 32.3 Å². The van der Waals surface area contributed by atoms with Crippen molar-refractivity contribution in [3.63, 3.8) is 0 Å². The van der Waals surface area contributed by atoms with Gasteiger partial charge in [0.1, 0.15) is 0 Å². The Kier molecular flexibility index (Phi) is 4.31. The summed E-state index contributed by atoms with van der Waals surface area (Å²) < 4.78 is 0. The van der Waals surface area contributed by atoms with E-state index in [9.17, 15) is 5.11 Å². The third-order valence-corrected chi connectivity index (χ3v) is 4.12. The second-order valence-electron chi connectivity index (χ2n) is 6.09. The molecule has 1 aliphatic carbocycles. The fourth-order valence-corrected chi connectivity index (χ4v) is 2.61. The molecule has 2 N–H and O–H groups in total. The average Bonchev–Trinajstić information content (AvgIpc) is 2.29. The van der Waals surface area contributed by atoms with Gasteiger partial charge < -0.3 is 10.4 Å². The highest BCUT2D eigenvalue weighted by atomic mass is 35.5. The Labute approximate surface area is 114 Å². The molecule has 0 bridgehead atoms. The molecule has 0 saturated heterocycles. The lowest BCUT2D eigenvalue weighted by molar-refractivity contribution is 0.143. The Balaban J connectivity index is 1.79. The van der Waals surface area contributed by atoms with Crippen LogP contribution in [-0.2, 0) is 0 Å². The maximum absolute atomic E-state index is 9.21. The van der Waals surface area contributed by atoms with Gasteiger partial charge in [-0.25, -0.2) is 0 Å². The molecule has 0 heterocycles. The Morgan fingerprint density at radius 1 is 1.33 bits per heavy atom. The van der Waals surface area contributed by atoms with Gasteiger partial charge in [-0.1, -0.05) is 43.6 Å². The summed E-state index contributed by atoms with van der Waals surface area (Å²) in [5, 5.41) is 13.6. The van der Waals surface area contributed by atoms with Crippen molar-refractivity contribution in [1.29, 1.82) is 0 Å². The number of nitrogens with one attached hydrogen (secondary N) is 1. The zero-order valence-electron chi connectivity index (χ0n) is 11.1. The summed E-state index contributed by atoms with van der Waals surface area (Å²) >= 11 is 6.20. The summed E-state index contributed by atoms with van der Waals surface area (Å²) in [6.07, 6.45) is 2.29. The van der Waals surface area contributed by atoms with Crippen molar-refractivity contribution < 1.29 is 5.11 Å². The highest BCUT2D eigenvalue weighted by molar-refractivity contribution is 6.31. The third-order valence-electron chi connectivity index (χ3n) is 3.78. The van der Waals surface area contributed by atoms with E-state index >= 15 is 0 Å². The number of rotatable bonds is 5. The first-order valence-corrected chi connectivity index (χ1v) is 6.98. The van der Waals surface area contributed by atoms with Gasteiger partial charge in [0.25, 0.3) is 0 Å². The molecule has 2 nitrogen and oxygen atoms in total. The van der Waals surface area contributed by atoms with E-state index in [0.717, 1.165) is 24.4 Å². The lowest BCUT2D eigenvalue weighted by Crippen LogP contribution is -2.45. The zero-order valence-corrected chi connectivity index (χ0v) is 11.9. The molecule has 1 saturated carbocycles. The van der Waals surface area contributed by atoms with Crippen molar-refractivity contribution >= 4 is 11.6 Å². The molecule has 0 unspecified atom stereocenters. The SMILES string of the molecule is CC(C)(CO)CNC1CC(c2ccccc2Cl)C1. The minimum absolute atomic E-state index is 0.0323. The van der Waals surface area contributed by atoms with Crippen molar-refractivity contribution in [3.8, 4) is 0 Å². The minimum Gasteiger partial charge on any atom is -0.396 e. The van der Waals surface area contributed by atoms with Crippen molar-refractivity contribution in [1.82, 2.24) is 5.32 Å². The van der Waals surface area contributed by atoms with Crippen LogP contribution < -0.4 is 5.32 Å². The normalized spacial score (nSPS) is 23.8. The van der Waals surface area contributed by atoms with E-state index in [2.05, 4.69) is 31.3 Å². The van der Waals surface area contributed by atoms with Crippen LogP contribution in [0.25, 0.3) is 0 Å². The van der Waals surface area contributed by atoms with Crippen LogP contribution in [0.2, 0.25) is 5.02 Å². The molecule has 1 aromatic carbocycles. The predicted octanol–water partition coefficient (Wildman–Crippen LogP) is 3.19. The van der Waals surface area contributed by atoms with Gasteiger partial charge in [-0.2, -0.15) is 0 Å². The first-order chi connectivity index (χ1) is 8.52. The van der Waals surface area contributed by atoms with Crippen LogP contribution >= 0.6 is 11.6 Å². The fraction of sp³-hybridized carbons (Fsp3) is 0.600. The predicted molar refractivity (Wildman–Crippen MR) is 76.1 cm³/mol. The average molecular weight is 268 g/mol. The molecule has 1 aromatic rings. The lowest BCUT2D eigenvalue weighted by Gasteiger charge is -2.38. The highest BCUT2D eigenvalue weighted by Gasteiger charge is 2.32. The molecule has 0 aliphatic heterocycles. The van der Waals surface area contributed by atoms with Gasteiger partial charge in [0.2, 0.25) is 0 Å². The molecule has 0 spiro atoms. The molecule has 18 heavy (non-hydrogen) atoms. The molecule has 100 valence electrons. The van der Waals surface area contributed by atoms with Crippen LogP contribution in [0.15, 0.2) is 24.3 Å². The molecule has 0 amide bonds. The summed E-state index contributed by atoms with van der Waals surface area (Å²) in [4.78, 5) is 0. The summed E-state index contributed by atoms with van der Waals surface area (Å²) in [6, 6.07) is 8.69. The lowest BCUT2D eigenvalue weighted by atomic mass is 9.75. The van der Waals surface area contributed by atoms with Gasteiger partial charge in [-0.3, -0.25) is 0 Å². The van der Waals surface area contributed by atoms with Crippen LogP contribution in [0.4, 0.5) is 0 Å². The van der Waals surface area contributed by atoms with Gasteiger partial charge in [0.15, 0.2) is 0 Å². The summed E-state index contributed by atoms with van der Waals surface area (Å²) in [7, 11) is 0. The van der Waals surface area contributed by atoms with E-state index in [1.165, 1.54) is 5.56 Å². The van der Waals surface area contributed by atoms with Gasteiger partial charge in [0, 0.05) is 29.6 Å². The summed E-state index contributed by atoms with van der Waals surface area (Å²) in [6.45, 7) is 5.23. The van der Waals surface area contributed by atoms with Crippen molar-refractivity contribution in [3.05, 3.63) is 34.9 Å². The number of aliphatic hydroxyl groups excluding tert-OH is 1. The van der Waals surface area contributed by atoms with Crippen molar-refractivity contribution in [2.75, 3.05) is 13.2 Å². The molecule has 1 fully saturated rings. The molecule has 0 radical (unpaired) electrons. The van der Waals surface area contributed by atoms with Crippen molar-refractivity contribution in [2.24, 2.45) is 5.41 Å². The van der Waals surface area contributed by atoms with E-state index in [-0.39, 0.29) is 12.0 Å². The van der Waals surface area contributed by atoms with Gasteiger partial charge >= 0.3 is 0 Å². The van der Waals surface area contributed by atoms with E-state index in [1.54, 1.807) is 0 Å². The Morgan fingerprint density at radius 2 is 2.00 bits per heavy atom. The number of aliphatic hydroxyl groups is 1. The summed E-state index contributed by atoms with van der Waals surface area (Å²) in [5.41, 5.74) is 1.24. The van der Waals surface area contributed by atoms with Crippen LogP contribution in [0.3, 0.4) is 0 Å². The Bertz CT molecular complexity index is 399. The molecular weight excluding hydrogens is 246 g/mol. The number of benzene rings is 1. The molecular formula is C15H22ClNO. The van der Waals surface area contributed by atoms with E-state index in [0.29, 0.717) is 12.0 Å². The molecule has 2 rings (SSSR count). The van der Waals surface area contributed by atoms with Crippen molar-refractivity contribution in [2.45, 2.75) is 38.6 Å². The quantitative estimate of drug-likeness (QED) is 0.859. The monoisotopic (exact) mass is 267 g/mol. The maximum Gasteiger partial charge on any atom is 0.0494 e. The number of hydrogen-bond acceptors (Lipinski definition) is 2. The number of halogens is 1. The second kappa shape index (κ2) is 5.60. The highest BCUT2D eigenvalue weighted by Crippen LogP contribution is 2.40.